The molecule has 2 heteroatoms. The van der Waals surface area contributed by atoms with E-state index in [1.54, 1.807) is 0 Å². The summed E-state index contributed by atoms with van der Waals surface area (Å²) in [6.07, 6.45) is 2.30. The van der Waals surface area contributed by atoms with Crippen LogP contribution < -0.4 is 0 Å². The first-order chi connectivity index (χ1) is 7.09. The lowest BCUT2D eigenvalue weighted by Gasteiger charge is -2.27. The van der Waals surface area contributed by atoms with Gasteiger partial charge in [0.15, 0.2) is 0 Å². The van der Waals surface area contributed by atoms with E-state index in [4.69, 9.17) is 0 Å². The Morgan fingerprint density at radius 3 is 2.13 bits per heavy atom. The van der Waals surface area contributed by atoms with E-state index in [9.17, 15) is 0 Å². The molecule has 0 spiro atoms. The monoisotopic (exact) mass is 202 g/mol. The van der Waals surface area contributed by atoms with Crippen LogP contribution in [0.3, 0.4) is 0 Å². The predicted molar refractivity (Wildman–Crippen MR) is 64.1 cm³/mol. The van der Waals surface area contributed by atoms with Crippen molar-refractivity contribution in [2.75, 3.05) is 14.1 Å². The molecule has 15 heavy (non-hydrogen) atoms. The van der Waals surface area contributed by atoms with Gasteiger partial charge in [0.2, 0.25) is 0 Å². The van der Waals surface area contributed by atoms with Crippen LogP contribution in [0.1, 0.15) is 18.1 Å². The van der Waals surface area contributed by atoms with Gasteiger partial charge >= 0.3 is 0 Å². The van der Waals surface area contributed by atoms with Gasteiger partial charge in [0.25, 0.3) is 0 Å². The van der Waals surface area contributed by atoms with Crippen molar-refractivity contribution in [2.24, 2.45) is 0 Å². The minimum absolute atomic E-state index is 0.478. The molecule has 1 atom stereocenters. The third-order valence-corrected chi connectivity index (χ3v) is 3.16. The highest BCUT2D eigenvalue weighted by Crippen LogP contribution is 2.27. The van der Waals surface area contributed by atoms with Gasteiger partial charge in [-0.05, 0) is 25.5 Å². The summed E-state index contributed by atoms with van der Waals surface area (Å²) in [4.78, 5) is 0. The Morgan fingerprint density at radius 2 is 1.67 bits per heavy atom. The average Bonchev–Trinajstić information content (AvgIpc) is 2.47. The Balaban J connectivity index is 2.32. The smallest absolute Gasteiger partial charge is 0.0567 e. The van der Waals surface area contributed by atoms with E-state index in [1.807, 2.05) is 0 Å². The quantitative estimate of drug-likeness (QED) is 0.690. The van der Waals surface area contributed by atoms with Gasteiger partial charge in [-0.2, -0.15) is 0 Å². The zero-order chi connectivity index (χ0) is 11.0. The number of nitrogens with zero attached hydrogens (tertiary/aromatic N) is 2. The maximum absolute atomic E-state index is 2.30. The first-order valence-corrected chi connectivity index (χ1v) is 5.35. The normalized spacial score (nSPS) is 22.0. The van der Waals surface area contributed by atoms with Crippen LogP contribution in [0.2, 0.25) is 0 Å². The van der Waals surface area contributed by atoms with Crippen molar-refractivity contribution < 1.29 is 0 Å². The van der Waals surface area contributed by atoms with Crippen LogP contribution in [0.4, 0.5) is 0 Å². The fourth-order valence-corrected chi connectivity index (χ4v) is 1.89. The molecule has 2 rings (SSSR count). The van der Waals surface area contributed by atoms with Crippen LogP contribution in [-0.2, 0) is 0 Å². The number of benzene rings is 1. The van der Waals surface area contributed by atoms with Crippen molar-refractivity contribution in [3.05, 3.63) is 41.5 Å². The van der Waals surface area contributed by atoms with Gasteiger partial charge in [0.05, 0.1) is 5.70 Å². The molecule has 1 heterocycles. The highest BCUT2D eigenvalue weighted by molar-refractivity contribution is 5.66. The van der Waals surface area contributed by atoms with Gasteiger partial charge in [-0.3, -0.25) is 0 Å². The SMILES string of the molecule is Cc1ccc(C2=CC(C)N(C)N2C)cc1. The molecule has 0 fully saturated rings. The Morgan fingerprint density at radius 1 is 1.07 bits per heavy atom. The Hall–Kier alpha value is -1.28. The fraction of sp³-hybridized carbons (Fsp3) is 0.385. The molecule has 0 N–H and O–H groups in total. The standard InChI is InChI=1S/C13H18N2/c1-10-5-7-12(8-6-10)13-9-11(2)14(3)15(13)4/h5-9,11H,1-4H3. The van der Waals surface area contributed by atoms with Crippen LogP contribution in [0.25, 0.3) is 5.70 Å². The van der Waals surface area contributed by atoms with Crippen LogP contribution in [0, 0.1) is 6.92 Å². The highest BCUT2D eigenvalue weighted by atomic mass is 15.6. The second-order valence-corrected chi connectivity index (χ2v) is 4.26. The molecule has 0 bridgehead atoms. The zero-order valence-corrected chi connectivity index (χ0v) is 9.86. The van der Waals surface area contributed by atoms with Crippen molar-refractivity contribution in [3.63, 3.8) is 0 Å². The largest absolute Gasteiger partial charge is 0.308 e. The van der Waals surface area contributed by atoms with E-state index in [2.05, 4.69) is 68.3 Å². The third kappa shape index (κ3) is 1.77. The van der Waals surface area contributed by atoms with E-state index < -0.39 is 0 Å². The summed E-state index contributed by atoms with van der Waals surface area (Å²) in [5.41, 5.74) is 3.89. The molecule has 0 saturated heterocycles. The van der Waals surface area contributed by atoms with Crippen LogP contribution in [0.5, 0.6) is 0 Å². The van der Waals surface area contributed by atoms with Gasteiger partial charge in [-0.25, -0.2) is 5.01 Å². The predicted octanol–water partition coefficient (Wildman–Crippen LogP) is 2.52. The van der Waals surface area contributed by atoms with Crippen molar-refractivity contribution in [1.82, 2.24) is 10.0 Å². The number of hydrogen-bond donors (Lipinski definition) is 0. The average molecular weight is 202 g/mol. The van der Waals surface area contributed by atoms with Gasteiger partial charge in [0, 0.05) is 20.1 Å². The Kier molecular flexibility index (Phi) is 2.53. The van der Waals surface area contributed by atoms with Crippen LogP contribution in [0.15, 0.2) is 30.3 Å². The van der Waals surface area contributed by atoms with E-state index in [0.717, 1.165) is 0 Å². The zero-order valence-electron chi connectivity index (χ0n) is 9.86. The molecule has 1 aromatic carbocycles. The van der Waals surface area contributed by atoms with Crippen LogP contribution in [-0.4, -0.2) is 30.2 Å². The second kappa shape index (κ2) is 3.70. The maximum Gasteiger partial charge on any atom is 0.0567 e. The molecule has 2 nitrogen and oxygen atoms in total. The van der Waals surface area contributed by atoms with Crippen molar-refractivity contribution in [2.45, 2.75) is 19.9 Å². The van der Waals surface area contributed by atoms with E-state index in [0.29, 0.717) is 6.04 Å². The number of likely N-dealkylation sites (N-methyl/N-ethyl adjacent to an activating group) is 1. The summed E-state index contributed by atoms with van der Waals surface area (Å²) in [5.74, 6) is 0. The molecular formula is C13H18N2. The van der Waals surface area contributed by atoms with Gasteiger partial charge in [-0.15, -0.1) is 0 Å². The molecule has 1 unspecified atom stereocenters. The number of rotatable bonds is 1. The van der Waals surface area contributed by atoms with E-state index in [-0.39, 0.29) is 0 Å². The summed E-state index contributed by atoms with van der Waals surface area (Å²) in [7, 11) is 4.22. The fourth-order valence-electron chi connectivity index (χ4n) is 1.89. The molecule has 0 radical (unpaired) electrons. The minimum atomic E-state index is 0.478. The number of hydrazine groups is 1. The molecule has 0 amide bonds. The lowest BCUT2D eigenvalue weighted by molar-refractivity contribution is 0.0906. The molecule has 0 saturated carbocycles. The summed E-state index contributed by atoms with van der Waals surface area (Å²) in [6, 6.07) is 9.17. The lowest BCUT2D eigenvalue weighted by atomic mass is 10.1. The summed E-state index contributed by atoms with van der Waals surface area (Å²) < 4.78 is 0. The molecular weight excluding hydrogens is 184 g/mol. The molecule has 1 aromatic rings. The summed E-state index contributed by atoms with van der Waals surface area (Å²) >= 11 is 0. The first kappa shape index (κ1) is 10.2. The Bertz CT molecular complexity index is 378. The molecule has 1 aliphatic rings. The van der Waals surface area contributed by atoms with E-state index >= 15 is 0 Å². The van der Waals surface area contributed by atoms with Crippen molar-refractivity contribution in [1.29, 1.82) is 0 Å². The molecule has 80 valence electrons. The number of hydrogen-bond acceptors (Lipinski definition) is 2. The molecule has 1 aliphatic heterocycles. The van der Waals surface area contributed by atoms with Gasteiger partial charge in [0.1, 0.15) is 0 Å². The summed E-state index contributed by atoms with van der Waals surface area (Å²) in [6.45, 7) is 4.32. The molecule has 0 aliphatic carbocycles. The van der Waals surface area contributed by atoms with Gasteiger partial charge in [-0.1, -0.05) is 29.8 Å². The van der Waals surface area contributed by atoms with Gasteiger partial charge < -0.3 is 5.01 Å². The second-order valence-electron chi connectivity index (χ2n) is 4.26. The highest BCUT2D eigenvalue weighted by Gasteiger charge is 2.23. The topological polar surface area (TPSA) is 6.48 Å². The lowest BCUT2D eigenvalue weighted by Crippen LogP contribution is -2.34. The first-order valence-electron chi connectivity index (χ1n) is 5.35. The van der Waals surface area contributed by atoms with Crippen molar-refractivity contribution >= 4 is 5.70 Å². The maximum atomic E-state index is 2.30. The van der Waals surface area contributed by atoms with Crippen molar-refractivity contribution in [3.8, 4) is 0 Å². The van der Waals surface area contributed by atoms with E-state index in [1.165, 1.54) is 16.8 Å². The minimum Gasteiger partial charge on any atom is -0.308 e. The third-order valence-electron chi connectivity index (χ3n) is 3.16. The summed E-state index contributed by atoms with van der Waals surface area (Å²) in [5, 5.41) is 4.44. The number of aryl methyl sites for hydroxylation is 1. The Labute approximate surface area is 91.8 Å². The van der Waals surface area contributed by atoms with Crippen LogP contribution >= 0.6 is 0 Å². The molecule has 0 aromatic heterocycles.